The maximum atomic E-state index is 5.40. The van der Waals surface area contributed by atoms with Crippen molar-refractivity contribution in [3.8, 4) is 5.75 Å². The Balaban J connectivity index is 1.96. The van der Waals surface area contributed by atoms with Crippen molar-refractivity contribution in [3.05, 3.63) is 45.9 Å². The van der Waals surface area contributed by atoms with Crippen molar-refractivity contribution in [2.24, 2.45) is 0 Å². The highest BCUT2D eigenvalue weighted by Crippen LogP contribution is 2.22. The molecule has 1 heterocycles. The number of nitrogens with zero attached hydrogens (tertiary/aromatic N) is 1. The normalized spacial score (nSPS) is 14.0. The summed E-state index contributed by atoms with van der Waals surface area (Å²) in [6.45, 7) is 6.45. The molecule has 0 radical (unpaired) electrons. The third-order valence-corrected chi connectivity index (χ3v) is 4.36. The first-order valence-electron chi connectivity index (χ1n) is 6.90. The molecule has 2 aromatic rings. The van der Waals surface area contributed by atoms with E-state index in [0.29, 0.717) is 6.04 Å². The predicted octanol–water partition coefficient (Wildman–Crippen LogP) is 3.74. The molecule has 0 saturated carbocycles. The zero-order valence-corrected chi connectivity index (χ0v) is 13.3. The molecule has 0 fully saturated rings. The Kier molecular flexibility index (Phi) is 5.15. The summed E-state index contributed by atoms with van der Waals surface area (Å²) in [5.41, 5.74) is 1.23. The number of para-hydroxylation sites is 1. The van der Waals surface area contributed by atoms with Crippen LogP contribution >= 0.6 is 11.3 Å². The van der Waals surface area contributed by atoms with Gasteiger partial charge in [-0.3, -0.25) is 0 Å². The van der Waals surface area contributed by atoms with Gasteiger partial charge in [0.2, 0.25) is 0 Å². The molecule has 0 aliphatic rings. The number of aromatic nitrogens is 1. The molecule has 0 unspecified atom stereocenters. The average molecular weight is 290 g/mol. The van der Waals surface area contributed by atoms with E-state index in [1.54, 1.807) is 18.4 Å². The molecule has 0 aliphatic heterocycles. The van der Waals surface area contributed by atoms with Gasteiger partial charge in [0.15, 0.2) is 0 Å². The lowest BCUT2D eigenvalue weighted by Gasteiger charge is -2.19. The maximum absolute atomic E-state index is 5.40. The Bertz CT molecular complexity index is 553. The van der Waals surface area contributed by atoms with Gasteiger partial charge in [0, 0.05) is 17.1 Å². The van der Waals surface area contributed by atoms with Gasteiger partial charge in [-0.25, -0.2) is 4.98 Å². The minimum absolute atomic E-state index is 0.276. The number of benzene rings is 1. The van der Waals surface area contributed by atoms with Crippen LogP contribution in [0.5, 0.6) is 5.75 Å². The van der Waals surface area contributed by atoms with Gasteiger partial charge in [0.1, 0.15) is 10.8 Å². The lowest BCUT2D eigenvalue weighted by molar-refractivity contribution is 0.403. The fourth-order valence-corrected chi connectivity index (χ4v) is 3.12. The van der Waals surface area contributed by atoms with E-state index in [0.717, 1.165) is 17.2 Å². The molecule has 3 nitrogen and oxygen atoms in total. The summed E-state index contributed by atoms with van der Waals surface area (Å²) in [5.74, 6) is 0.957. The second-order valence-corrected chi connectivity index (χ2v) is 6.38. The average Bonchev–Trinajstić information content (AvgIpc) is 2.86. The fourth-order valence-electron chi connectivity index (χ4n) is 2.33. The molecule has 0 saturated heterocycles. The van der Waals surface area contributed by atoms with Gasteiger partial charge in [0.05, 0.1) is 13.2 Å². The smallest absolute Gasteiger partial charge is 0.122 e. The largest absolute Gasteiger partial charge is 0.496 e. The molecule has 108 valence electrons. The first kappa shape index (κ1) is 15.0. The first-order chi connectivity index (χ1) is 9.60. The highest BCUT2D eigenvalue weighted by Gasteiger charge is 2.14. The number of thiazole rings is 1. The molecule has 2 rings (SSSR count). The van der Waals surface area contributed by atoms with E-state index in [9.17, 15) is 0 Å². The SMILES string of the molecule is COc1ccccc1C[C@@H](C)N[C@@H](C)c1ncc(C)s1. The van der Waals surface area contributed by atoms with Crippen molar-refractivity contribution in [2.75, 3.05) is 7.11 Å². The van der Waals surface area contributed by atoms with Crippen LogP contribution < -0.4 is 10.1 Å². The lowest BCUT2D eigenvalue weighted by atomic mass is 10.1. The lowest BCUT2D eigenvalue weighted by Crippen LogP contribution is -2.30. The van der Waals surface area contributed by atoms with Crippen molar-refractivity contribution < 1.29 is 4.74 Å². The number of hydrogen-bond donors (Lipinski definition) is 1. The molecule has 0 amide bonds. The van der Waals surface area contributed by atoms with Crippen LogP contribution in [0.3, 0.4) is 0 Å². The van der Waals surface area contributed by atoms with E-state index >= 15 is 0 Å². The quantitative estimate of drug-likeness (QED) is 0.880. The van der Waals surface area contributed by atoms with Crippen molar-refractivity contribution in [1.29, 1.82) is 0 Å². The Labute approximate surface area is 125 Å². The van der Waals surface area contributed by atoms with Gasteiger partial charge in [-0.2, -0.15) is 0 Å². The minimum Gasteiger partial charge on any atom is -0.496 e. The summed E-state index contributed by atoms with van der Waals surface area (Å²) in [7, 11) is 1.72. The molecule has 0 spiro atoms. The van der Waals surface area contributed by atoms with Crippen molar-refractivity contribution in [3.63, 3.8) is 0 Å². The topological polar surface area (TPSA) is 34.1 Å². The fraction of sp³-hybridized carbons (Fsp3) is 0.438. The van der Waals surface area contributed by atoms with Gasteiger partial charge in [-0.1, -0.05) is 18.2 Å². The van der Waals surface area contributed by atoms with Gasteiger partial charge in [0.25, 0.3) is 0 Å². The number of nitrogens with one attached hydrogen (secondary N) is 1. The van der Waals surface area contributed by atoms with E-state index in [4.69, 9.17) is 4.74 Å². The monoisotopic (exact) mass is 290 g/mol. The van der Waals surface area contributed by atoms with Crippen LogP contribution in [0.25, 0.3) is 0 Å². The molecular formula is C16H22N2OS. The summed E-state index contributed by atoms with van der Waals surface area (Å²) in [5, 5.41) is 4.75. The zero-order chi connectivity index (χ0) is 14.5. The molecule has 2 atom stereocenters. The molecule has 20 heavy (non-hydrogen) atoms. The number of hydrogen-bond acceptors (Lipinski definition) is 4. The molecule has 1 aromatic heterocycles. The Morgan fingerprint density at radius 1 is 1.30 bits per heavy atom. The summed E-state index contributed by atoms with van der Waals surface area (Å²) in [6, 6.07) is 8.83. The zero-order valence-electron chi connectivity index (χ0n) is 12.5. The van der Waals surface area contributed by atoms with Crippen molar-refractivity contribution >= 4 is 11.3 Å². The molecule has 1 aromatic carbocycles. The third kappa shape index (κ3) is 3.81. The number of ether oxygens (including phenoxy) is 1. The van der Waals surface area contributed by atoms with Crippen molar-refractivity contribution in [2.45, 2.75) is 39.3 Å². The van der Waals surface area contributed by atoms with Gasteiger partial charge < -0.3 is 10.1 Å². The molecule has 0 aliphatic carbocycles. The van der Waals surface area contributed by atoms with Gasteiger partial charge in [-0.05, 0) is 38.8 Å². The van der Waals surface area contributed by atoms with Crippen LogP contribution in [0.4, 0.5) is 0 Å². The van der Waals surface area contributed by atoms with E-state index < -0.39 is 0 Å². The number of methoxy groups -OCH3 is 1. The third-order valence-electron chi connectivity index (χ3n) is 3.26. The summed E-state index contributed by atoms with van der Waals surface area (Å²) >= 11 is 1.75. The first-order valence-corrected chi connectivity index (χ1v) is 7.72. The van der Waals surface area contributed by atoms with E-state index in [2.05, 4.69) is 43.2 Å². The molecular weight excluding hydrogens is 268 g/mol. The number of rotatable bonds is 6. The van der Waals surface area contributed by atoms with E-state index in [1.807, 2.05) is 18.3 Å². The molecule has 1 N–H and O–H groups in total. The second kappa shape index (κ2) is 6.86. The van der Waals surface area contributed by atoms with Crippen LogP contribution in [-0.4, -0.2) is 18.1 Å². The Morgan fingerprint density at radius 2 is 2.05 bits per heavy atom. The highest BCUT2D eigenvalue weighted by molar-refractivity contribution is 7.11. The van der Waals surface area contributed by atoms with E-state index in [-0.39, 0.29) is 6.04 Å². The van der Waals surface area contributed by atoms with Crippen LogP contribution in [-0.2, 0) is 6.42 Å². The highest BCUT2D eigenvalue weighted by atomic mass is 32.1. The Hall–Kier alpha value is -1.39. The van der Waals surface area contributed by atoms with E-state index in [1.165, 1.54) is 10.4 Å². The minimum atomic E-state index is 0.276. The van der Waals surface area contributed by atoms with Crippen LogP contribution in [0.1, 0.15) is 35.3 Å². The standard InChI is InChI=1S/C16H22N2OS/c1-11(9-14-7-5-6-8-15(14)19-4)18-13(3)16-17-10-12(2)20-16/h5-8,10-11,13,18H,9H2,1-4H3/t11-,13+/m1/s1. The second-order valence-electron chi connectivity index (χ2n) is 5.11. The molecule has 4 heteroatoms. The Morgan fingerprint density at radius 3 is 2.70 bits per heavy atom. The van der Waals surface area contributed by atoms with Crippen LogP contribution in [0.2, 0.25) is 0 Å². The van der Waals surface area contributed by atoms with Gasteiger partial charge >= 0.3 is 0 Å². The maximum Gasteiger partial charge on any atom is 0.122 e. The summed E-state index contributed by atoms with van der Waals surface area (Å²) < 4.78 is 5.40. The van der Waals surface area contributed by atoms with Gasteiger partial charge in [-0.15, -0.1) is 11.3 Å². The number of aryl methyl sites for hydroxylation is 1. The summed E-state index contributed by atoms with van der Waals surface area (Å²) in [6.07, 6.45) is 2.88. The van der Waals surface area contributed by atoms with Crippen LogP contribution in [0.15, 0.2) is 30.5 Å². The van der Waals surface area contributed by atoms with Crippen molar-refractivity contribution in [1.82, 2.24) is 10.3 Å². The van der Waals surface area contributed by atoms with Crippen LogP contribution in [0, 0.1) is 6.92 Å². The predicted molar refractivity (Wildman–Crippen MR) is 84.6 cm³/mol. The summed E-state index contributed by atoms with van der Waals surface area (Å²) in [4.78, 5) is 5.70. The molecule has 0 bridgehead atoms.